The second-order valence-electron chi connectivity index (χ2n) is 3.46. The van der Waals surface area contributed by atoms with Crippen LogP contribution in [0.1, 0.15) is 30.3 Å². The van der Waals surface area contributed by atoms with Crippen molar-refractivity contribution in [3.63, 3.8) is 0 Å². The van der Waals surface area contributed by atoms with Gasteiger partial charge in [-0.3, -0.25) is 4.79 Å². The molecule has 0 radical (unpaired) electrons. The molecule has 1 atom stereocenters. The van der Waals surface area contributed by atoms with Crippen LogP contribution in [0.15, 0.2) is 18.3 Å². The van der Waals surface area contributed by atoms with Crippen LogP contribution in [-0.4, -0.2) is 16.9 Å². The van der Waals surface area contributed by atoms with Gasteiger partial charge in [-0.25, -0.2) is 4.98 Å². The largest absolute Gasteiger partial charge is 0.397 e. The Morgan fingerprint density at radius 2 is 2.44 bits per heavy atom. The number of nitrogen functional groups attached to an aromatic ring is 1. The fourth-order valence-electron chi connectivity index (χ4n) is 1.26. The van der Waals surface area contributed by atoms with Crippen molar-refractivity contribution >= 4 is 11.6 Å². The van der Waals surface area contributed by atoms with E-state index >= 15 is 0 Å². The van der Waals surface area contributed by atoms with Crippen LogP contribution in [0.4, 0.5) is 5.69 Å². The van der Waals surface area contributed by atoms with Crippen LogP contribution < -0.4 is 11.1 Å². The van der Waals surface area contributed by atoms with Gasteiger partial charge in [-0.05, 0) is 18.6 Å². The van der Waals surface area contributed by atoms with Crippen LogP contribution in [-0.2, 0) is 0 Å². The summed E-state index contributed by atoms with van der Waals surface area (Å²) in [6.07, 6.45) is 8.43. The van der Waals surface area contributed by atoms with Crippen molar-refractivity contribution in [2.24, 2.45) is 0 Å². The van der Waals surface area contributed by atoms with Gasteiger partial charge in [0.05, 0.1) is 17.9 Å². The summed E-state index contributed by atoms with van der Waals surface area (Å²) < 4.78 is 0. The van der Waals surface area contributed by atoms with Gasteiger partial charge in [0.25, 0.3) is 5.91 Å². The highest BCUT2D eigenvalue weighted by Gasteiger charge is 2.11. The third-order valence-corrected chi connectivity index (χ3v) is 2.10. The van der Waals surface area contributed by atoms with Crippen LogP contribution in [0.5, 0.6) is 0 Å². The average Bonchev–Trinajstić information content (AvgIpc) is 2.29. The summed E-state index contributed by atoms with van der Waals surface area (Å²) in [4.78, 5) is 15.6. The standard InChI is InChI=1S/C12H15N3O/c1-3-5-10(4-2)15-12(16)11-7-6-9(13)8-14-11/h2,6-8,10H,3,5,13H2,1H3,(H,15,16). The zero-order valence-corrected chi connectivity index (χ0v) is 9.23. The van der Waals surface area contributed by atoms with Gasteiger partial charge in [0.1, 0.15) is 5.69 Å². The Labute approximate surface area is 95.3 Å². The molecule has 84 valence electrons. The Morgan fingerprint density at radius 1 is 1.69 bits per heavy atom. The van der Waals surface area contributed by atoms with Crippen LogP contribution in [0.2, 0.25) is 0 Å². The summed E-state index contributed by atoms with van der Waals surface area (Å²) in [6.45, 7) is 2.01. The lowest BCUT2D eigenvalue weighted by Crippen LogP contribution is -2.34. The van der Waals surface area contributed by atoms with E-state index in [0.717, 1.165) is 12.8 Å². The maximum Gasteiger partial charge on any atom is 0.270 e. The molecule has 1 rings (SSSR count). The van der Waals surface area contributed by atoms with E-state index in [0.29, 0.717) is 11.4 Å². The first kappa shape index (κ1) is 12.1. The van der Waals surface area contributed by atoms with E-state index in [2.05, 4.69) is 16.2 Å². The smallest absolute Gasteiger partial charge is 0.270 e. The molecule has 0 aliphatic carbocycles. The van der Waals surface area contributed by atoms with Gasteiger partial charge < -0.3 is 11.1 Å². The number of nitrogens with one attached hydrogen (secondary N) is 1. The number of anilines is 1. The molecule has 0 bridgehead atoms. The number of terminal acetylenes is 1. The van der Waals surface area contributed by atoms with Gasteiger partial charge in [-0.2, -0.15) is 0 Å². The second kappa shape index (κ2) is 5.76. The summed E-state index contributed by atoms with van der Waals surface area (Å²) in [5.41, 5.74) is 6.33. The van der Waals surface area contributed by atoms with Crippen LogP contribution in [0.3, 0.4) is 0 Å². The Morgan fingerprint density at radius 3 is 2.94 bits per heavy atom. The molecule has 4 heteroatoms. The molecule has 0 aliphatic rings. The van der Waals surface area contributed by atoms with Gasteiger partial charge in [-0.15, -0.1) is 6.42 Å². The average molecular weight is 217 g/mol. The summed E-state index contributed by atoms with van der Waals surface area (Å²) in [7, 11) is 0. The highest BCUT2D eigenvalue weighted by atomic mass is 16.1. The molecule has 0 aliphatic heterocycles. The number of hydrogen-bond donors (Lipinski definition) is 2. The molecule has 1 unspecified atom stereocenters. The van der Waals surface area contributed by atoms with E-state index < -0.39 is 0 Å². The maximum absolute atomic E-state index is 11.7. The first-order valence-corrected chi connectivity index (χ1v) is 5.16. The van der Waals surface area contributed by atoms with Crippen molar-refractivity contribution in [3.05, 3.63) is 24.0 Å². The van der Waals surface area contributed by atoms with E-state index in [-0.39, 0.29) is 11.9 Å². The van der Waals surface area contributed by atoms with Gasteiger partial charge >= 0.3 is 0 Å². The molecule has 16 heavy (non-hydrogen) atoms. The molecule has 1 aromatic heterocycles. The van der Waals surface area contributed by atoms with E-state index in [4.69, 9.17) is 12.2 Å². The summed E-state index contributed by atoms with van der Waals surface area (Å²) in [6, 6.07) is 2.97. The van der Waals surface area contributed by atoms with E-state index in [1.54, 1.807) is 12.1 Å². The molecule has 3 N–H and O–H groups in total. The number of nitrogens with zero attached hydrogens (tertiary/aromatic N) is 1. The topological polar surface area (TPSA) is 68.0 Å². The highest BCUT2D eigenvalue weighted by Crippen LogP contribution is 2.02. The normalized spacial score (nSPS) is 11.5. The zero-order chi connectivity index (χ0) is 12.0. The fraction of sp³-hybridized carbons (Fsp3) is 0.333. The van der Waals surface area contributed by atoms with Crippen LogP contribution in [0.25, 0.3) is 0 Å². The fourth-order valence-corrected chi connectivity index (χ4v) is 1.26. The monoisotopic (exact) mass is 217 g/mol. The number of hydrogen-bond acceptors (Lipinski definition) is 3. The van der Waals surface area contributed by atoms with Gasteiger partial charge in [-0.1, -0.05) is 19.3 Å². The molecular weight excluding hydrogens is 202 g/mol. The first-order valence-electron chi connectivity index (χ1n) is 5.16. The van der Waals surface area contributed by atoms with Crippen LogP contribution in [0, 0.1) is 12.3 Å². The van der Waals surface area contributed by atoms with Crippen molar-refractivity contribution in [2.45, 2.75) is 25.8 Å². The summed E-state index contributed by atoms with van der Waals surface area (Å²) in [5, 5.41) is 2.72. The number of pyridine rings is 1. The van der Waals surface area contributed by atoms with Crippen LogP contribution >= 0.6 is 0 Å². The van der Waals surface area contributed by atoms with Gasteiger partial charge in [0.15, 0.2) is 0 Å². The Balaban J connectivity index is 2.65. The van der Waals surface area contributed by atoms with Crippen molar-refractivity contribution < 1.29 is 4.79 Å². The van der Waals surface area contributed by atoms with Crippen molar-refractivity contribution in [1.82, 2.24) is 10.3 Å². The Bertz CT molecular complexity index is 392. The number of aromatic nitrogens is 1. The SMILES string of the molecule is C#CC(CCC)NC(=O)c1ccc(N)cn1. The molecular formula is C12H15N3O. The summed E-state index contributed by atoms with van der Waals surface area (Å²) >= 11 is 0. The second-order valence-corrected chi connectivity index (χ2v) is 3.46. The minimum Gasteiger partial charge on any atom is -0.397 e. The van der Waals surface area contributed by atoms with E-state index in [1.165, 1.54) is 6.20 Å². The third-order valence-electron chi connectivity index (χ3n) is 2.10. The molecule has 4 nitrogen and oxygen atoms in total. The number of nitrogens with two attached hydrogens (primary N) is 1. The Hall–Kier alpha value is -2.02. The highest BCUT2D eigenvalue weighted by molar-refractivity contribution is 5.92. The van der Waals surface area contributed by atoms with Crippen molar-refractivity contribution in [1.29, 1.82) is 0 Å². The lowest BCUT2D eigenvalue weighted by atomic mass is 10.1. The predicted molar refractivity (Wildman–Crippen MR) is 63.6 cm³/mol. The predicted octanol–water partition coefficient (Wildman–Crippen LogP) is 1.20. The van der Waals surface area contributed by atoms with Gasteiger partial charge in [0, 0.05) is 0 Å². The number of amides is 1. The third kappa shape index (κ3) is 3.28. The molecule has 0 aromatic carbocycles. The van der Waals surface area contributed by atoms with E-state index in [9.17, 15) is 4.79 Å². The molecule has 1 aromatic rings. The lowest BCUT2D eigenvalue weighted by Gasteiger charge is -2.11. The van der Waals surface area contributed by atoms with Crippen molar-refractivity contribution in [2.75, 3.05) is 5.73 Å². The molecule has 0 saturated carbocycles. The number of carbonyl (C=O) groups excluding carboxylic acids is 1. The van der Waals surface area contributed by atoms with Crippen molar-refractivity contribution in [3.8, 4) is 12.3 Å². The molecule has 0 fully saturated rings. The minimum atomic E-state index is -0.267. The molecule has 0 spiro atoms. The quantitative estimate of drug-likeness (QED) is 0.744. The molecule has 0 saturated heterocycles. The van der Waals surface area contributed by atoms with E-state index in [1.807, 2.05) is 6.92 Å². The molecule has 1 amide bonds. The number of rotatable bonds is 4. The maximum atomic E-state index is 11.7. The number of carbonyl (C=O) groups is 1. The minimum absolute atomic E-state index is 0.239. The molecule has 1 heterocycles. The Kier molecular flexibility index (Phi) is 4.34. The lowest BCUT2D eigenvalue weighted by molar-refractivity contribution is 0.0939. The van der Waals surface area contributed by atoms with Gasteiger partial charge in [0.2, 0.25) is 0 Å². The zero-order valence-electron chi connectivity index (χ0n) is 9.23. The first-order chi connectivity index (χ1) is 7.67. The summed E-state index contributed by atoms with van der Waals surface area (Å²) in [5.74, 6) is 2.26.